The van der Waals surface area contributed by atoms with E-state index in [1.807, 2.05) is 37.3 Å². The van der Waals surface area contributed by atoms with Crippen molar-refractivity contribution in [3.8, 4) is 0 Å². The van der Waals surface area contributed by atoms with Crippen LogP contribution in [-0.4, -0.2) is 24.4 Å². The molecular formula is C19H28N2O2. The molecule has 2 amide bonds. The van der Waals surface area contributed by atoms with Crippen molar-refractivity contribution >= 4 is 11.8 Å². The van der Waals surface area contributed by atoms with E-state index in [4.69, 9.17) is 0 Å². The van der Waals surface area contributed by atoms with Gasteiger partial charge in [-0.05, 0) is 43.1 Å². The van der Waals surface area contributed by atoms with E-state index in [9.17, 15) is 9.59 Å². The van der Waals surface area contributed by atoms with Gasteiger partial charge in [0.05, 0.1) is 0 Å². The molecule has 4 heteroatoms. The number of carbonyl (C=O) groups excluding carboxylic acids is 2. The molecule has 0 bridgehead atoms. The van der Waals surface area contributed by atoms with Crippen molar-refractivity contribution in [3.05, 3.63) is 35.9 Å². The number of carbonyl (C=O) groups is 2. The molecule has 1 fully saturated rings. The molecule has 1 aliphatic carbocycles. The molecule has 126 valence electrons. The number of hydrogen-bond donors (Lipinski definition) is 2. The Morgan fingerprint density at radius 1 is 1.09 bits per heavy atom. The fourth-order valence-corrected chi connectivity index (χ4v) is 3.19. The van der Waals surface area contributed by atoms with Gasteiger partial charge in [-0.25, -0.2) is 0 Å². The number of amides is 2. The normalized spacial score (nSPS) is 22.2. The van der Waals surface area contributed by atoms with Crippen molar-refractivity contribution in [2.24, 2.45) is 5.92 Å². The smallest absolute Gasteiger partial charge is 0.309 e. The summed E-state index contributed by atoms with van der Waals surface area (Å²) in [6, 6.07) is 10.1. The van der Waals surface area contributed by atoms with Gasteiger partial charge in [-0.3, -0.25) is 9.59 Å². The Kier molecular flexibility index (Phi) is 6.63. The van der Waals surface area contributed by atoms with Crippen molar-refractivity contribution < 1.29 is 9.59 Å². The van der Waals surface area contributed by atoms with E-state index in [0.29, 0.717) is 6.54 Å². The van der Waals surface area contributed by atoms with Gasteiger partial charge in [-0.2, -0.15) is 0 Å². The molecule has 1 atom stereocenters. The first kappa shape index (κ1) is 17.5. The van der Waals surface area contributed by atoms with Gasteiger partial charge in [-0.15, -0.1) is 0 Å². The van der Waals surface area contributed by atoms with Crippen LogP contribution in [0.3, 0.4) is 0 Å². The summed E-state index contributed by atoms with van der Waals surface area (Å²) in [7, 11) is 0. The maximum absolute atomic E-state index is 12.0. The van der Waals surface area contributed by atoms with Crippen LogP contribution in [0, 0.1) is 5.92 Å². The van der Waals surface area contributed by atoms with Crippen LogP contribution in [0.4, 0.5) is 0 Å². The summed E-state index contributed by atoms with van der Waals surface area (Å²) < 4.78 is 0. The third-order valence-electron chi connectivity index (χ3n) is 4.90. The Morgan fingerprint density at radius 3 is 2.35 bits per heavy atom. The zero-order valence-electron chi connectivity index (χ0n) is 14.2. The summed E-state index contributed by atoms with van der Waals surface area (Å²) in [6.45, 7) is 4.73. The van der Waals surface area contributed by atoms with Crippen LogP contribution >= 0.6 is 0 Å². The second-order valence-electron chi connectivity index (χ2n) is 6.62. The van der Waals surface area contributed by atoms with Crippen molar-refractivity contribution in [3.63, 3.8) is 0 Å². The highest BCUT2D eigenvalue weighted by Gasteiger charge is 2.23. The van der Waals surface area contributed by atoms with Crippen LogP contribution in [0.2, 0.25) is 0 Å². The van der Waals surface area contributed by atoms with E-state index < -0.39 is 11.8 Å². The number of benzene rings is 1. The lowest BCUT2D eigenvalue weighted by Crippen LogP contribution is -2.46. The molecular weight excluding hydrogens is 288 g/mol. The molecule has 1 aromatic rings. The van der Waals surface area contributed by atoms with Crippen LogP contribution in [0.25, 0.3) is 0 Å². The SMILES string of the molecule is CCC1CCC(NC(=O)C(=O)NC[C@H](C)c2ccccc2)CC1. The lowest BCUT2D eigenvalue weighted by Gasteiger charge is -2.28. The van der Waals surface area contributed by atoms with Gasteiger partial charge in [0, 0.05) is 12.6 Å². The summed E-state index contributed by atoms with van der Waals surface area (Å²) in [5.74, 6) is -0.0488. The van der Waals surface area contributed by atoms with Gasteiger partial charge >= 0.3 is 11.8 Å². The highest BCUT2D eigenvalue weighted by Crippen LogP contribution is 2.26. The fourth-order valence-electron chi connectivity index (χ4n) is 3.19. The minimum atomic E-state index is -0.523. The minimum absolute atomic E-state index is 0.155. The van der Waals surface area contributed by atoms with E-state index in [1.165, 1.54) is 6.42 Å². The first-order chi connectivity index (χ1) is 11.1. The van der Waals surface area contributed by atoms with Crippen molar-refractivity contribution in [1.29, 1.82) is 0 Å². The average Bonchev–Trinajstić information content (AvgIpc) is 2.60. The zero-order valence-corrected chi connectivity index (χ0v) is 14.2. The summed E-state index contributed by atoms with van der Waals surface area (Å²) in [6.07, 6.45) is 5.47. The largest absolute Gasteiger partial charge is 0.347 e. The predicted octanol–water partition coefficient (Wildman–Crippen LogP) is 2.99. The first-order valence-electron chi connectivity index (χ1n) is 8.73. The van der Waals surface area contributed by atoms with Crippen LogP contribution in [0.1, 0.15) is 57.4 Å². The molecule has 0 spiro atoms. The van der Waals surface area contributed by atoms with Crippen LogP contribution in [-0.2, 0) is 9.59 Å². The fraction of sp³-hybridized carbons (Fsp3) is 0.579. The molecule has 0 aliphatic heterocycles. The first-order valence-corrected chi connectivity index (χ1v) is 8.73. The molecule has 0 unspecified atom stereocenters. The maximum Gasteiger partial charge on any atom is 0.309 e. The third-order valence-corrected chi connectivity index (χ3v) is 4.90. The minimum Gasteiger partial charge on any atom is -0.347 e. The van der Waals surface area contributed by atoms with Gasteiger partial charge in [0.25, 0.3) is 0 Å². The maximum atomic E-state index is 12.0. The van der Waals surface area contributed by atoms with E-state index in [1.54, 1.807) is 0 Å². The van der Waals surface area contributed by atoms with Crippen LogP contribution < -0.4 is 10.6 Å². The lowest BCUT2D eigenvalue weighted by molar-refractivity contribution is -0.139. The second-order valence-corrected chi connectivity index (χ2v) is 6.62. The highest BCUT2D eigenvalue weighted by molar-refractivity contribution is 6.35. The molecule has 4 nitrogen and oxygen atoms in total. The Morgan fingerprint density at radius 2 is 1.74 bits per heavy atom. The van der Waals surface area contributed by atoms with Gasteiger partial charge in [-0.1, -0.05) is 50.6 Å². The van der Waals surface area contributed by atoms with E-state index in [2.05, 4.69) is 17.6 Å². The number of nitrogens with one attached hydrogen (secondary N) is 2. The van der Waals surface area contributed by atoms with Gasteiger partial charge < -0.3 is 10.6 Å². The molecule has 0 aromatic heterocycles. The Balaban J connectivity index is 1.72. The Labute approximate surface area is 139 Å². The van der Waals surface area contributed by atoms with Gasteiger partial charge in [0.2, 0.25) is 0 Å². The average molecular weight is 316 g/mol. The molecule has 0 heterocycles. The molecule has 2 N–H and O–H groups in total. The van der Waals surface area contributed by atoms with Crippen LogP contribution in [0.5, 0.6) is 0 Å². The van der Waals surface area contributed by atoms with E-state index in [-0.39, 0.29) is 12.0 Å². The molecule has 0 radical (unpaired) electrons. The number of rotatable bonds is 5. The predicted molar refractivity (Wildman–Crippen MR) is 92.0 cm³/mol. The molecule has 1 saturated carbocycles. The van der Waals surface area contributed by atoms with Crippen molar-refractivity contribution in [2.45, 2.75) is 57.9 Å². The molecule has 0 saturated heterocycles. The van der Waals surface area contributed by atoms with E-state index in [0.717, 1.165) is 37.2 Å². The van der Waals surface area contributed by atoms with Gasteiger partial charge in [0.1, 0.15) is 0 Å². The Hall–Kier alpha value is -1.84. The van der Waals surface area contributed by atoms with Crippen molar-refractivity contribution in [2.75, 3.05) is 6.54 Å². The third kappa shape index (κ3) is 5.38. The van der Waals surface area contributed by atoms with Crippen molar-refractivity contribution in [1.82, 2.24) is 10.6 Å². The standard InChI is InChI=1S/C19H28N2O2/c1-3-15-9-11-17(12-10-15)21-19(23)18(22)20-13-14(2)16-7-5-4-6-8-16/h4-8,14-15,17H,3,9-13H2,1-2H3,(H,20,22)(H,21,23)/t14-,15?,17?/m0/s1. The number of hydrogen-bond acceptors (Lipinski definition) is 2. The molecule has 23 heavy (non-hydrogen) atoms. The summed E-state index contributed by atoms with van der Waals surface area (Å²) in [4.78, 5) is 23.9. The Bertz CT molecular complexity index is 507. The molecule has 1 aliphatic rings. The monoisotopic (exact) mass is 316 g/mol. The summed E-state index contributed by atoms with van der Waals surface area (Å²) >= 11 is 0. The van der Waals surface area contributed by atoms with E-state index >= 15 is 0 Å². The topological polar surface area (TPSA) is 58.2 Å². The van der Waals surface area contributed by atoms with Gasteiger partial charge in [0.15, 0.2) is 0 Å². The molecule has 1 aromatic carbocycles. The summed E-state index contributed by atoms with van der Waals surface area (Å²) in [5.41, 5.74) is 1.16. The molecule has 2 rings (SSSR count). The highest BCUT2D eigenvalue weighted by atomic mass is 16.2. The zero-order chi connectivity index (χ0) is 16.7. The summed E-state index contributed by atoms with van der Waals surface area (Å²) in [5, 5.41) is 5.62. The lowest BCUT2D eigenvalue weighted by atomic mass is 9.84. The van der Waals surface area contributed by atoms with Crippen LogP contribution in [0.15, 0.2) is 30.3 Å². The quantitative estimate of drug-likeness (QED) is 0.821. The second kappa shape index (κ2) is 8.70.